The fourth-order valence-electron chi connectivity index (χ4n) is 2.98. The van der Waals surface area contributed by atoms with Gasteiger partial charge in [0.05, 0.1) is 5.56 Å². The van der Waals surface area contributed by atoms with Crippen LogP contribution in [0.1, 0.15) is 17.5 Å². The normalized spacial score (nSPS) is 11.3. The van der Waals surface area contributed by atoms with Gasteiger partial charge in [0.15, 0.2) is 17.4 Å². The van der Waals surface area contributed by atoms with Gasteiger partial charge in [0.1, 0.15) is 5.75 Å². The molecule has 162 valence electrons. The van der Waals surface area contributed by atoms with Gasteiger partial charge in [0.2, 0.25) is 6.86 Å². The zero-order valence-corrected chi connectivity index (χ0v) is 16.4. The largest absolute Gasteiger partial charge is 0.457 e. The standard InChI is InChI=1S/C24H19F5O2/c1-2-3-4-16-5-7-17(8-6-16)18-9-11-19(12-10-18)24(28,29)31-20-13-21(26)23(30-15-25)22(27)14-20/h2,5-14H,1,3-4,15H2. The van der Waals surface area contributed by atoms with Gasteiger partial charge in [-0.05, 0) is 41.7 Å². The first-order chi connectivity index (χ1) is 14.8. The predicted molar refractivity (Wildman–Crippen MR) is 108 cm³/mol. The predicted octanol–water partition coefficient (Wildman–Crippen LogP) is 7.18. The Morgan fingerprint density at radius 2 is 1.42 bits per heavy atom. The minimum absolute atomic E-state index is 0.497. The van der Waals surface area contributed by atoms with E-state index in [4.69, 9.17) is 0 Å². The maximum atomic E-state index is 14.5. The van der Waals surface area contributed by atoms with E-state index in [0.717, 1.165) is 29.5 Å². The maximum absolute atomic E-state index is 14.5. The van der Waals surface area contributed by atoms with E-state index in [1.165, 1.54) is 24.3 Å². The number of benzene rings is 3. The van der Waals surface area contributed by atoms with Crippen LogP contribution in [-0.4, -0.2) is 6.86 Å². The summed E-state index contributed by atoms with van der Waals surface area (Å²) in [5, 5.41) is 0. The van der Waals surface area contributed by atoms with Crippen molar-refractivity contribution in [3.05, 3.63) is 96.1 Å². The highest BCUT2D eigenvalue weighted by atomic mass is 19.3. The van der Waals surface area contributed by atoms with Gasteiger partial charge in [-0.3, -0.25) is 0 Å². The average molecular weight is 434 g/mol. The number of rotatable bonds is 9. The molecule has 31 heavy (non-hydrogen) atoms. The van der Waals surface area contributed by atoms with Crippen molar-refractivity contribution in [2.75, 3.05) is 6.86 Å². The Balaban J connectivity index is 1.76. The summed E-state index contributed by atoms with van der Waals surface area (Å²) < 4.78 is 77.3. The van der Waals surface area contributed by atoms with E-state index in [1.54, 1.807) is 0 Å². The summed E-state index contributed by atoms with van der Waals surface area (Å²) in [4.78, 5) is 0. The maximum Gasteiger partial charge on any atom is 0.426 e. The van der Waals surface area contributed by atoms with E-state index < -0.39 is 41.7 Å². The lowest BCUT2D eigenvalue weighted by Gasteiger charge is -2.19. The molecule has 0 atom stereocenters. The van der Waals surface area contributed by atoms with E-state index in [1.807, 2.05) is 30.3 Å². The first-order valence-corrected chi connectivity index (χ1v) is 9.39. The van der Waals surface area contributed by atoms with E-state index in [0.29, 0.717) is 12.1 Å². The zero-order chi connectivity index (χ0) is 22.4. The summed E-state index contributed by atoms with van der Waals surface area (Å²) in [5.41, 5.74) is 2.22. The minimum atomic E-state index is -3.85. The van der Waals surface area contributed by atoms with Gasteiger partial charge in [0, 0.05) is 12.1 Å². The van der Waals surface area contributed by atoms with E-state index in [2.05, 4.69) is 16.1 Å². The molecule has 0 amide bonds. The molecule has 0 aliphatic heterocycles. The molecule has 7 heteroatoms. The molecule has 0 radical (unpaired) electrons. The lowest BCUT2D eigenvalue weighted by molar-refractivity contribution is -0.185. The van der Waals surface area contributed by atoms with Crippen LogP contribution in [0.25, 0.3) is 11.1 Å². The quantitative estimate of drug-likeness (QED) is 0.262. The highest BCUT2D eigenvalue weighted by Gasteiger charge is 2.35. The van der Waals surface area contributed by atoms with Crippen molar-refractivity contribution in [2.24, 2.45) is 0 Å². The highest BCUT2D eigenvalue weighted by Crippen LogP contribution is 2.35. The third-order valence-corrected chi connectivity index (χ3v) is 4.56. The molecular formula is C24H19F5O2. The summed E-state index contributed by atoms with van der Waals surface area (Å²) in [7, 11) is 0. The molecule has 3 aromatic carbocycles. The Bertz CT molecular complexity index is 1010. The van der Waals surface area contributed by atoms with Gasteiger partial charge in [-0.15, -0.1) is 6.58 Å². The summed E-state index contributed by atoms with van der Waals surface area (Å²) in [6, 6.07) is 14.1. The molecule has 3 aromatic rings. The molecule has 2 nitrogen and oxygen atoms in total. The van der Waals surface area contributed by atoms with E-state index >= 15 is 0 Å². The lowest BCUT2D eigenvalue weighted by Crippen LogP contribution is -2.22. The molecule has 0 unspecified atom stereocenters. The molecule has 0 fully saturated rings. The van der Waals surface area contributed by atoms with Crippen LogP contribution in [0.3, 0.4) is 0 Å². The van der Waals surface area contributed by atoms with Crippen molar-refractivity contribution in [1.82, 2.24) is 0 Å². The summed E-state index contributed by atoms with van der Waals surface area (Å²) >= 11 is 0. The molecule has 0 bridgehead atoms. The molecular weight excluding hydrogens is 415 g/mol. The Kier molecular flexibility index (Phi) is 6.95. The zero-order valence-electron chi connectivity index (χ0n) is 16.4. The Morgan fingerprint density at radius 3 is 1.94 bits per heavy atom. The van der Waals surface area contributed by atoms with Crippen LogP contribution in [0.5, 0.6) is 11.5 Å². The van der Waals surface area contributed by atoms with Crippen molar-refractivity contribution in [3.8, 4) is 22.6 Å². The SMILES string of the molecule is C=CCCc1ccc(-c2ccc(C(F)(F)Oc3cc(F)c(OCF)c(F)c3)cc2)cc1. The fraction of sp³-hybridized carbons (Fsp3) is 0.167. The van der Waals surface area contributed by atoms with Gasteiger partial charge in [-0.1, -0.05) is 42.5 Å². The van der Waals surface area contributed by atoms with Gasteiger partial charge in [-0.2, -0.15) is 8.78 Å². The van der Waals surface area contributed by atoms with Gasteiger partial charge < -0.3 is 9.47 Å². The average Bonchev–Trinajstić information content (AvgIpc) is 2.75. The van der Waals surface area contributed by atoms with Crippen LogP contribution in [0.4, 0.5) is 22.0 Å². The van der Waals surface area contributed by atoms with Crippen LogP contribution in [-0.2, 0) is 12.5 Å². The number of allylic oxidation sites excluding steroid dienone is 1. The first kappa shape index (κ1) is 22.3. The molecule has 0 heterocycles. The van der Waals surface area contributed by atoms with Crippen molar-refractivity contribution in [1.29, 1.82) is 0 Å². The number of aryl methyl sites for hydroxylation is 1. The highest BCUT2D eigenvalue weighted by molar-refractivity contribution is 5.64. The minimum Gasteiger partial charge on any atom is -0.457 e. The fourth-order valence-corrected chi connectivity index (χ4v) is 2.98. The second-order valence-corrected chi connectivity index (χ2v) is 6.69. The van der Waals surface area contributed by atoms with Crippen molar-refractivity contribution >= 4 is 0 Å². The number of hydrogen-bond donors (Lipinski definition) is 0. The van der Waals surface area contributed by atoms with Crippen molar-refractivity contribution in [2.45, 2.75) is 19.0 Å². The van der Waals surface area contributed by atoms with Crippen molar-refractivity contribution < 1.29 is 31.4 Å². The van der Waals surface area contributed by atoms with Crippen molar-refractivity contribution in [3.63, 3.8) is 0 Å². The topological polar surface area (TPSA) is 18.5 Å². The molecule has 0 aliphatic carbocycles. The monoisotopic (exact) mass is 434 g/mol. The van der Waals surface area contributed by atoms with Crippen LogP contribution in [0.2, 0.25) is 0 Å². The van der Waals surface area contributed by atoms with E-state index in [-0.39, 0.29) is 0 Å². The third-order valence-electron chi connectivity index (χ3n) is 4.56. The summed E-state index contributed by atoms with van der Waals surface area (Å²) in [5.74, 6) is -4.46. The molecule has 0 saturated carbocycles. The molecule has 3 rings (SSSR count). The number of halogens is 5. The molecule has 0 N–H and O–H groups in total. The second kappa shape index (κ2) is 9.64. The third kappa shape index (κ3) is 5.42. The van der Waals surface area contributed by atoms with Gasteiger partial charge in [-0.25, -0.2) is 13.2 Å². The second-order valence-electron chi connectivity index (χ2n) is 6.69. The van der Waals surface area contributed by atoms with E-state index in [9.17, 15) is 22.0 Å². The Hall–Kier alpha value is -3.35. The van der Waals surface area contributed by atoms with Gasteiger partial charge >= 0.3 is 6.11 Å². The molecule has 0 aromatic heterocycles. The Morgan fingerprint density at radius 1 is 0.871 bits per heavy atom. The number of hydrogen-bond acceptors (Lipinski definition) is 2. The lowest BCUT2D eigenvalue weighted by atomic mass is 10.0. The first-order valence-electron chi connectivity index (χ1n) is 9.39. The number of ether oxygens (including phenoxy) is 2. The summed E-state index contributed by atoms with van der Waals surface area (Å²) in [6.45, 7) is 2.22. The van der Waals surface area contributed by atoms with Crippen LogP contribution in [0.15, 0.2) is 73.3 Å². The van der Waals surface area contributed by atoms with Crippen LogP contribution in [0, 0.1) is 11.6 Å². The summed E-state index contributed by atoms with van der Waals surface area (Å²) in [6.07, 6.45) is -0.283. The molecule has 0 aliphatic rings. The smallest absolute Gasteiger partial charge is 0.426 e. The molecule has 0 spiro atoms. The Labute approximate surface area is 176 Å². The van der Waals surface area contributed by atoms with Crippen LogP contribution < -0.4 is 9.47 Å². The molecule has 0 saturated heterocycles. The van der Waals surface area contributed by atoms with Crippen LogP contribution >= 0.6 is 0 Å². The van der Waals surface area contributed by atoms with Gasteiger partial charge in [0.25, 0.3) is 0 Å². The number of alkyl halides is 3.